The Kier molecular flexibility index (Phi) is 8.28. The smallest absolute Gasteiger partial charge is 0.243 e. The van der Waals surface area contributed by atoms with Crippen molar-refractivity contribution in [2.75, 3.05) is 0 Å². The third-order valence-corrected chi connectivity index (χ3v) is 8.92. The zero-order valence-corrected chi connectivity index (χ0v) is 22.1. The van der Waals surface area contributed by atoms with E-state index in [1.54, 1.807) is 0 Å². The normalized spacial score (nSPS) is 21.4. The lowest BCUT2D eigenvalue weighted by Crippen LogP contribution is -2.50. The average molecular weight is 493 g/mol. The van der Waals surface area contributed by atoms with Crippen molar-refractivity contribution in [1.82, 2.24) is 19.8 Å². The van der Waals surface area contributed by atoms with E-state index in [9.17, 15) is 9.59 Å². The van der Waals surface area contributed by atoms with Gasteiger partial charge in [-0.15, -0.1) is 0 Å². The molecule has 6 nitrogen and oxygen atoms in total. The molecule has 1 heterocycles. The van der Waals surface area contributed by atoms with Crippen LogP contribution in [0.25, 0.3) is 11.0 Å². The topological polar surface area (TPSA) is 67.2 Å². The maximum atomic E-state index is 14.1. The number of fused-ring (bicyclic) bond motifs is 1. The van der Waals surface area contributed by atoms with Gasteiger partial charge in [-0.2, -0.15) is 0 Å². The van der Waals surface area contributed by atoms with Crippen LogP contribution in [-0.4, -0.2) is 38.3 Å². The molecule has 2 amide bonds. The second-order valence-electron chi connectivity index (χ2n) is 11.5. The Hall–Kier alpha value is -2.37. The Balaban J connectivity index is 1.40. The van der Waals surface area contributed by atoms with Gasteiger partial charge in [-0.1, -0.05) is 69.9 Å². The summed E-state index contributed by atoms with van der Waals surface area (Å²) in [7, 11) is 0. The van der Waals surface area contributed by atoms with Crippen LogP contribution in [0.15, 0.2) is 24.3 Å². The van der Waals surface area contributed by atoms with Crippen molar-refractivity contribution >= 4 is 22.8 Å². The van der Waals surface area contributed by atoms with Gasteiger partial charge in [0.2, 0.25) is 11.8 Å². The fraction of sp³-hybridized carbons (Fsp3) is 0.700. The zero-order chi connectivity index (χ0) is 24.9. The third-order valence-electron chi connectivity index (χ3n) is 8.92. The number of carbonyl (C=O) groups is 2. The van der Waals surface area contributed by atoms with E-state index in [4.69, 9.17) is 4.98 Å². The summed E-state index contributed by atoms with van der Waals surface area (Å²) >= 11 is 0. The summed E-state index contributed by atoms with van der Waals surface area (Å²) in [6.45, 7) is 2.31. The van der Waals surface area contributed by atoms with Crippen LogP contribution < -0.4 is 5.32 Å². The number of para-hydroxylation sites is 2. The van der Waals surface area contributed by atoms with E-state index >= 15 is 0 Å². The molecule has 5 rings (SSSR count). The van der Waals surface area contributed by atoms with Crippen molar-refractivity contribution in [3.63, 3.8) is 0 Å². The molecule has 1 aromatic heterocycles. The van der Waals surface area contributed by atoms with Gasteiger partial charge < -0.3 is 14.8 Å². The molecule has 36 heavy (non-hydrogen) atoms. The molecule has 1 aromatic carbocycles. The molecule has 1 N–H and O–H groups in total. The number of aromatic nitrogens is 2. The summed E-state index contributed by atoms with van der Waals surface area (Å²) in [5, 5.41) is 3.25. The standard InChI is InChI=1S/C30H44N4O2/c1-22(31-30(36)23-13-5-2-6-14-23)29-32-26-19-11-12-20-27(26)33(29)21-28(35)34(24-15-7-3-8-16-24)25-17-9-4-10-18-25/h11-12,19-20,22-25H,2-10,13-18,21H2,1H3,(H,31,36). The molecule has 6 heteroatoms. The van der Waals surface area contributed by atoms with Crippen LogP contribution in [0.3, 0.4) is 0 Å². The molecular weight excluding hydrogens is 448 g/mol. The largest absolute Gasteiger partial charge is 0.346 e. The minimum Gasteiger partial charge on any atom is -0.346 e. The van der Waals surface area contributed by atoms with Crippen LogP contribution in [-0.2, 0) is 16.1 Å². The van der Waals surface area contributed by atoms with Crippen molar-refractivity contribution in [1.29, 1.82) is 0 Å². The lowest BCUT2D eigenvalue weighted by molar-refractivity contribution is -0.138. The van der Waals surface area contributed by atoms with Crippen molar-refractivity contribution in [3.8, 4) is 0 Å². The monoisotopic (exact) mass is 492 g/mol. The lowest BCUT2D eigenvalue weighted by atomic mass is 9.88. The molecule has 196 valence electrons. The van der Waals surface area contributed by atoms with Crippen molar-refractivity contribution in [2.24, 2.45) is 5.92 Å². The molecule has 1 atom stereocenters. The number of benzene rings is 1. The Morgan fingerprint density at radius 1 is 0.889 bits per heavy atom. The zero-order valence-electron chi connectivity index (χ0n) is 22.1. The number of imidazole rings is 1. The average Bonchev–Trinajstić information content (AvgIpc) is 3.29. The van der Waals surface area contributed by atoms with Crippen molar-refractivity contribution in [2.45, 2.75) is 128 Å². The molecule has 3 aliphatic carbocycles. The minimum atomic E-state index is -0.238. The molecule has 3 saturated carbocycles. The second-order valence-corrected chi connectivity index (χ2v) is 11.5. The first-order valence-electron chi connectivity index (χ1n) is 14.7. The van der Waals surface area contributed by atoms with Gasteiger partial charge in [0.05, 0.1) is 17.1 Å². The van der Waals surface area contributed by atoms with Crippen LogP contribution in [0.5, 0.6) is 0 Å². The van der Waals surface area contributed by atoms with Gasteiger partial charge >= 0.3 is 0 Å². The van der Waals surface area contributed by atoms with Crippen LogP contribution in [0, 0.1) is 5.92 Å². The van der Waals surface area contributed by atoms with Gasteiger partial charge in [0.1, 0.15) is 12.4 Å². The Labute approximate surface area is 216 Å². The summed E-state index contributed by atoms with van der Waals surface area (Å²) in [5.74, 6) is 1.26. The quantitative estimate of drug-likeness (QED) is 0.494. The first-order valence-corrected chi connectivity index (χ1v) is 14.7. The Morgan fingerprint density at radius 3 is 2.06 bits per heavy atom. The molecule has 0 aliphatic heterocycles. The SMILES string of the molecule is CC(NC(=O)C1CCCCC1)c1nc2ccccc2n1CC(=O)N(C1CCCCC1)C1CCCCC1. The van der Waals surface area contributed by atoms with Crippen LogP contribution in [0.1, 0.15) is 115 Å². The highest BCUT2D eigenvalue weighted by molar-refractivity contribution is 5.82. The van der Waals surface area contributed by atoms with E-state index in [2.05, 4.69) is 20.9 Å². The van der Waals surface area contributed by atoms with Gasteiger partial charge in [0.25, 0.3) is 0 Å². The first kappa shape index (κ1) is 25.3. The summed E-state index contributed by atoms with van der Waals surface area (Å²) in [6.07, 6.45) is 17.5. The molecule has 0 saturated heterocycles. The third kappa shape index (κ3) is 5.63. The maximum absolute atomic E-state index is 14.1. The Bertz CT molecular complexity index is 1010. The number of hydrogen-bond acceptors (Lipinski definition) is 3. The molecule has 3 aliphatic rings. The van der Waals surface area contributed by atoms with Crippen molar-refractivity contribution in [3.05, 3.63) is 30.1 Å². The van der Waals surface area contributed by atoms with Crippen molar-refractivity contribution < 1.29 is 9.59 Å². The second kappa shape index (κ2) is 11.8. The maximum Gasteiger partial charge on any atom is 0.243 e. The summed E-state index contributed by atoms with van der Waals surface area (Å²) in [4.78, 5) is 34.3. The summed E-state index contributed by atoms with van der Waals surface area (Å²) in [5.41, 5.74) is 1.87. The van der Waals surface area contributed by atoms with E-state index in [1.165, 1.54) is 44.9 Å². The first-order chi connectivity index (χ1) is 17.6. The van der Waals surface area contributed by atoms with E-state index in [-0.39, 0.29) is 23.8 Å². The highest BCUT2D eigenvalue weighted by atomic mass is 16.2. The fourth-order valence-electron chi connectivity index (χ4n) is 6.99. The number of nitrogens with zero attached hydrogens (tertiary/aromatic N) is 3. The number of hydrogen-bond donors (Lipinski definition) is 1. The van der Waals surface area contributed by atoms with E-state index < -0.39 is 0 Å². The molecule has 1 unspecified atom stereocenters. The van der Waals surface area contributed by atoms with Gasteiger partial charge in [-0.3, -0.25) is 9.59 Å². The fourth-order valence-corrected chi connectivity index (χ4v) is 6.99. The molecule has 3 fully saturated rings. The Morgan fingerprint density at radius 2 is 1.44 bits per heavy atom. The van der Waals surface area contributed by atoms with Gasteiger partial charge in [0, 0.05) is 18.0 Å². The van der Waals surface area contributed by atoms with Gasteiger partial charge in [-0.25, -0.2) is 4.98 Å². The summed E-state index contributed by atoms with van der Waals surface area (Å²) in [6, 6.07) is 8.58. The number of rotatable bonds is 7. The molecular formula is C30H44N4O2. The van der Waals surface area contributed by atoms with Crippen LogP contribution in [0.2, 0.25) is 0 Å². The minimum absolute atomic E-state index is 0.105. The lowest BCUT2D eigenvalue weighted by Gasteiger charge is -2.42. The highest BCUT2D eigenvalue weighted by Crippen LogP contribution is 2.31. The number of carbonyl (C=O) groups excluding carboxylic acids is 2. The van der Waals surface area contributed by atoms with E-state index in [1.807, 2.05) is 25.1 Å². The van der Waals surface area contributed by atoms with E-state index in [0.29, 0.717) is 18.6 Å². The number of nitrogens with one attached hydrogen (secondary N) is 1. The molecule has 0 bridgehead atoms. The predicted molar refractivity (Wildman–Crippen MR) is 143 cm³/mol. The van der Waals surface area contributed by atoms with Crippen LogP contribution in [0.4, 0.5) is 0 Å². The van der Waals surface area contributed by atoms with Gasteiger partial charge in [0.15, 0.2) is 0 Å². The molecule has 2 aromatic rings. The summed E-state index contributed by atoms with van der Waals surface area (Å²) < 4.78 is 2.09. The van der Waals surface area contributed by atoms with Crippen LogP contribution >= 0.6 is 0 Å². The number of amides is 2. The van der Waals surface area contributed by atoms with Gasteiger partial charge in [-0.05, 0) is 57.6 Å². The molecule has 0 radical (unpaired) electrons. The predicted octanol–water partition coefficient (Wildman–Crippen LogP) is 6.29. The molecule has 0 spiro atoms. The highest BCUT2D eigenvalue weighted by Gasteiger charge is 2.33. The van der Waals surface area contributed by atoms with E-state index in [0.717, 1.165) is 68.2 Å².